The SMILES string of the molecule is CCN1CC(=O)N[C@H]2CN(C(=O)CN3CCCC3=O)CC[C@@H]2OCc2cccc(c2)Oc2cc(OC(C)C)cc(c2)C1=O. The van der Waals surface area contributed by atoms with Crippen LogP contribution in [0.4, 0.5) is 0 Å². The highest BCUT2D eigenvalue weighted by atomic mass is 16.5. The van der Waals surface area contributed by atoms with Gasteiger partial charge in [0.05, 0.1) is 37.9 Å². The molecule has 0 unspecified atom stereocenters. The van der Waals surface area contributed by atoms with Crippen molar-refractivity contribution in [2.75, 3.05) is 39.3 Å². The van der Waals surface area contributed by atoms with Crippen LogP contribution in [0, 0.1) is 0 Å². The molecule has 3 aliphatic heterocycles. The van der Waals surface area contributed by atoms with Crippen LogP contribution in [-0.2, 0) is 25.7 Å². The van der Waals surface area contributed by atoms with Gasteiger partial charge < -0.3 is 34.2 Å². The van der Waals surface area contributed by atoms with E-state index in [9.17, 15) is 19.2 Å². The molecule has 0 aliphatic carbocycles. The lowest BCUT2D eigenvalue weighted by Crippen LogP contribution is -2.59. The Balaban J connectivity index is 1.40. The van der Waals surface area contributed by atoms with Crippen molar-refractivity contribution in [1.82, 2.24) is 20.0 Å². The number of nitrogens with zero attached hydrogens (tertiary/aromatic N) is 3. The van der Waals surface area contributed by atoms with Crippen molar-refractivity contribution < 1.29 is 33.4 Å². The number of carbonyl (C=O) groups is 4. The monoisotopic (exact) mass is 592 g/mol. The maximum Gasteiger partial charge on any atom is 0.254 e. The molecule has 3 heterocycles. The fourth-order valence-corrected chi connectivity index (χ4v) is 5.70. The van der Waals surface area contributed by atoms with Crippen LogP contribution in [0.15, 0.2) is 42.5 Å². The molecular formula is C32H40N4O7. The Hall–Kier alpha value is -4.12. The van der Waals surface area contributed by atoms with Gasteiger partial charge >= 0.3 is 0 Å². The quantitative estimate of drug-likeness (QED) is 0.567. The van der Waals surface area contributed by atoms with E-state index >= 15 is 0 Å². The normalized spacial score (nSPS) is 21.4. The molecule has 0 aromatic heterocycles. The number of hydrogen-bond acceptors (Lipinski definition) is 7. The number of amides is 4. The third-order valence-electron chi connectivity index (χ3n) is 7.85. The fraction of sp³-hybridized carbons (Fsp3) is 0.500. The number of carbonyl (C=O) groups excluding carboxylic acids is 4. The molecule has 2 saturated heterocycles. The van der Waals surface area contributed by atoms with E-state index in [0.717, 1.165) is 12.0 Å². The van der Waals surface area contributed by atoms with Crippen LogP contribution in [0.2, 0.25) is 0 Å². The highest BCUT2D eigenvalue weighted by molar-refractivity contribution is 5.97. The summed E-state index contributed by atoms with van der Waals surface area (Å²) in [5.74, 6) is 0.682. The minimum Gasteiger partial charge on any atom is -0.491 e. The summed E-state index contributed by atoms with van der Waals surface area (Å²) in [7, 11) is 0. The van der Waals surface area contributed by atoms with Gasteiger partial charge in [-0.2, -0.15) is 0 Å². The number of fused-ring (bicyclic) bond motifs is 5. The molecule has 11 nitrogen and oxygen atoms in total. The molecule has 0 radical (unpaired) electrons. The summed E-state index contributed by atoms with van der Waals surface area (Å²) >= 11 is 0. The first-order valence-corrected chi connectivity index (χ1v) is 15.0. The van der Waals surface area contributed by atoms with Crippen molar-refractivity contribution >= 4 is 23.6 Å². The molecule has 0 spiro atoms. The van der Waals surface area contributed by atoms with E-state index in [0.29, 0.717) is 55.3 Å². The summed E-state index contributed by atoms with van der Waals surface area (Å²) in [6.45, 7) is 7.36. The number of likely N-dealkylation sites (N-methyl/N-ethyl adjacent to an activating group) is 1. The van der Waals surface area contributed by atoms with Crippen LogP contribution in [0.1, 0.15) is 56.0 Å². The van der Waals surface area contributed by atoms with Gasteiger partial charge in [0.1, 0.15) is 17.2 Å². The zero-order chi connectivity index (χ0) is 30.5. The average Bonchev–Trinajstić information content (AvgIpc) is 3.37. The van der Waals surface area contributed by atoms with E-state index < -0.39 is 6.04 Å². The van der Waals surface area contributed by atoms with Crippen molar-refractivity contribution in [3.8, 4) is 17.2 Å². The molecule has 3 aliphatic rings. The summed E-state index contributed by atoms with van der Waals surface area (Å²) in [5, 5.41) is 3.04. The van der Waals surface area contributed by atoms with Crippen molar-refractivity contribution in [2.45, 2.75) is 64.9 Å². The van der Waals surface area contributed by atoms with E-state index in [2.05, 4.69) is 5.32 Å². The lowest BCUT2D eigenvalue weighted by atomic mass is 10.0. The molecule has 4 bridgehead atoms. The van der Waals surface area contributed by atoms with Crippen molar-refractivity contribution in [2.24, 2.45) is 0 Å². The number of likely N-dealkylation sites (tertiary alicyclic amines) is 2. The van der Waals surface area contributed by atoms with Crippen molar-refractivity contribution in [1.29, 1.82) is 0 Å². The minimum absolute atomic E-state index is 0.00598. The van der Waals surface area contributed by atoms with Gasteiger partial charge in [-0.1, -0.05) is 12.1 Å². The van der Waals surface area contributed by atoms with Gasteiger partial charge in [0.2, 0.25) is 17.7 Å². The Morgan fingerprint density at radius 3 is 2.65 bits per heavy atom. The summed E-state index contributed by atoms with van der Waals surface area (Å²) in [6, 6.07) is 12.1. The Morgan fingerprint density at radius 1 is 1.07 bits per heavy atom. The maximum absolute atomic E-state index is 13.6. The Kier molecular flexibility index (Phi) is 9.49. The average molecular weight is 593 g/mol. The third-order valence-corrected chi connectivity index (χ3v) is 7.85. The molecule has 43 heavy (non-hydrogen) atoms. The second-order valence-electron chi connectivity index (χ2n) is 11.5. The Morgan fingerprint density at radius 2 is 1.91 bits per heavy atom. The van der Waals surface area contributed by atoms with Gasteiger partial charge in [-0.15, -0.1) is 0 Å². The highest BCUT2D eigenvalue weighted by Gasteiger charge is 2.35. The summed E-state index contributed by atoms with van der Waals surface area (Å²) in [4.78, 5) is 56.9. The third kappa shape index (κ3) is 7.64. The van der Waals surface area contributed by atoms with Gasteiger partial charge in [-0.3, -0.25) is 19.2 Å². The van der Waals surface area contributed by atoms with E-state index in [1.165, 1.54) is 4.90 Å². The smallest absolute Gasteiger partial charge is 0.254 e. The van der Waals surface area contributed by atoms with Gasteiger partial charge in [-0.05, 0) is 63.4 Å². The number of ether oxygens (including phenoxy) is 3. The number of hydrogen-bond donors (Lipinski definition) is 1. The van der Waals surface area contributed by atoms with Gasteiger partial charge in [-0.25, -0.2) is 0 Å². The largest absolute Gasteiger partial charge is 0.491 e. The Labute approximate surface area is 252 Å². The molecule has 4 amide bonds. The van der Waals surface area contributed by atoms with Crippen LogP contribution < -0.4 is 14.8 Å². The number of piperidine rings is 1. The topological polar surface area (TPSA) is 118 Å². The molecule has 5 rings (SSSR count). The first-order valence-electron chi connectivity index (χ1n) is 15.0. The summed E-state index contributed by atoms with van der Waals surface area (Å²) in [6.07, 6.45) is 1.27. The Bertz CT molecular complexity index is 1360. The second kappa shape index (κ2) is 13.5. The lowest BCUT2D eigenvalue weighted by Gasteiger charge is -2.39. The predicted octanol–water partition coefficient (Wildman–Crippen LogP) is 2.97. The standard InChI is InChI=1S/C32H40N4O7/c1-4-34-18-29(37)33-27-17-36(31(39)19-35-11-6-9-30(35)38)12-10-28(27)41-20-22-7-5-8-24(13-22)43-26-15-23(32(34)40)14-25(16-26)42-21(2)3/h5,7-8,13-16,21,27-28H,4,6,9-12,17-20H2,1-3H3,(H,33,37)/t27-,28-/m0/s1. The zero-order valence-corrected chi connectivity index (χ0v) is 25.0. The number of benzene rings is 2. The van der Waals surface area contributed by atoms with Crippen LogP contribution in [-0.4, -0.2) is 95.8 Å². The molecule has 1 N–H and O–H groups in total. The first-order chi connectivity index (χ1) is 20.7. The minimum atomic E-state index is -0.491. The van der Waals surface area contributed by atoms with Crippen LogP contribution in [0.5, 0.6) is 17.2 Å². The molecule has 2 aromatic rings. The molecule has 0 saturated carbocycles. The van der Waals surface area contributed by atoms with Gasteiger partial charge in [0, 0.05) is 44.2 Å². The van der Waals surface area contributed by atoms with E-state index in [1.807, 2.05) is 45.0 Å². The predicted molar refractivity (Wildman–Crippen MR) is 158 cm³/mol. The molecule has 230 valence electrons. The van der Waals surface area contributed by atoms with Gasteiger partial charge in [0.15, 0.2) is 0 Å². The van der Waals surface area contributed by atoms with Crippen LogP contribution in [0.3, 0.4) is 0 Å². The summed E-state index contributed by atoms with van der Waals surface area (Å²) in [5.41, 5.74) is 1.22. The van der Waals surface area contributed by atoms with Crippen LogP contribution >= 0.6 is 0 Å². The van der Waals surface area contributed by atoms with Crippen molar-refractivity contribution in [3.63, 3.8) is 0 Å². The molecule has 2 aromatic carbocycles. The molecule has 2 atom stereocenters. The fourth-order valence-electron chi connectivity index (χ4n) is 5.70. The van der Waals surface area contributed by atoms with Gasteiger partial charge in [0.25, 0.3) is 5.91 Å². The van der Waals surface area contributed by atoms with E-state index in [1.54, 1.807) is 28.0 Å². The lowest BCUT2D eigenvalue weighted by molar-refractivity contribution is -0.142. The first kappa shape index (κ1) is 30.3. The molecule has 11 heteroatoms. The van der Waals surface area contributed by atoms with Crippen LogP contribution in [0.25, 0.3) is 0 Å². The van der Waals surface area contributed by atoms with Crippen molar-refractivity contribution in [3.05, 3.63) is 53.6 Å². The van der Waals surface area contributed by atoms with E-state index in [4.69, 9.17) is 14.2 Å². The van der Waals surface area contributed by atoms with E-state index in [-0.39, 0.29) is 62.1 Å². The molecular weight excluding hydrogens is 552 g/mol. The number of rotatable bonds is 5. The highest BCUT2D eigenvalue weighted by Crippen LogP contribution is 2.30. The maximum atomic E-state index is 13.6. The summed E-state index contributed by atoms with van der Waals surface area (Å²) < 4.78 is 18.4. The zero-order valence-electron chi connectivity index (χ0n) is 25.0. The molecule has 2 fully saturated rings. The number of nitrogens with one attached hydrogen (secondary N) is 1. The second-order valence-corrected chi connectivity index (χ2v) is 11.5.